The molecule has 0 atom stereocenters. The molecular weight excluding hydrogens is 310 g/mol. The molecule has 0 fully saturated rings. The summed E-state index contributed by atoms with van der Waals surface area (Å²) >= 11 is 0. The van der Waals surface area contributed by atoms with Gasteiger partial charge in [0.15, 0.2) is 0 Å². The number of hydrogen-bond donors (Lipinski definition) is 1. The molecule has 0 amide bonds. The monoisotopic (exact) mass is 329 g/mol. The number of nitrogens with one attached hydrogen (secondary N) is 1. The number of anilines is 3. The Morgan fingerprint density at radius 3 is 2.68 bits per heavy atom. The van der Waals surface area contributed by atoms with Crippen LogP contribution in [0.1, 0.15) is 18.1 Å². The van der Waals surface area contributed by atoms with E-state index in [1.54, 1.807) is 18.3 Å². The van der Waals surface area contributed by atoms with Gasteiger partial charge in [0.25, 0.3) is 0 Å². The van der Waals surface area contributed by atoms with Gasteiger partial charge in [-0.15, -0.1) is 0 Å². The summed E-state index contributed by atoms with van der Waals surface area (Å²) in [5, 5.41) is 12.2. The Balaban J connectivity index is 1.79. The molecule has 1 N–H and O–H groups in total. The van der Waals surface area contributed by atoms with Gasteiger partial charge in [0, 0.05) is 25.0 Å². The first kappa shape index (κ1) is 16.5. The van der Waals surface area contributed by atoms with Crippen LogP contribution in [0, 0.1) is 11.3 Å². The minimum atomic E-state index is 0.513. The molecule has 0 radical (unpaired) electrons. The van der Waals surface area contributed by atoms with Crippen LogP contribution in [0.5, 0.6) is 0 Å². The zero-order valence-corrected chi connectivity index (χ0v) is 14.1. The molecule has 1 heterocycles. The molecule has 2 aromatic carbocycles. The minimum absolute atomic E-state index is 0.513. The number of nitrogens with zero attached hydrogens (tertiary/aromatic N) is 4. The predicted octanol–water partition coefficient (Wildman–Crippen LogP) is 4.12. The van der Waals surface area contributed by atoms with Crippen molar-refractivity contribution in [2.24, 2.45) is 0 Å². The number of rotatable bonds is 6. The summed E-state index contributed by atoms with van der Waals surface area (Å²) in [7, 11) is 0. The van der Waals surface area contributed by atoms with Crippen LogP contribution < -0.4 is 10.2 Å². The smallest absolute Gasteiger partial charge is 0.229 e. The van der Waals surface area contributed by atoms with Crippen LogP contribution in [-0.2, 0) is 6.54 Å². The molecule has 0 saturated heterocycles. The lowest BCUT2D eigenvalue weighted by atomic mass is 10.2. The van der Waals surface area contributed by atoms with Gasteiger partial charge in [-0.3, -0.25) is 0 Å². The fourth-order valence-electron chi connectivity index (χ4n) is 2.54. The zero-order chi connectivity index (χ0) is 17.5. The van der Waals surface area contributed by atoms with Crippen molar-refractivity contribution in [3.8, 4) is 6.07 Å². The lowest BCUT2D eigenvalue weighted by molar-refractivity contribution is 0.811. The fourth-order valence-corrected chi connectivity index (χ4v) is 2.54. The molecule has 0 aliphatic rings. The van der Waals surface area contributed by atoms with Crippen molar-refractivity contribution < 1.29 is 0 Å². The third-order valence-electron chi connectivity index (χ3n) is 3.81. The normalized spacial score (nSPS) is 10.1. The van der Waals surface area contributed by atoms with E-state index in [-0.39, 0.29) is 0 Å². The standard InChI is InChI=1S/C20H19N5/c1-2-25(15-16-7-4-3-5-8-16)19-11-12-22-20(24-19)23-18-10-6-9-17(13-18)14-21/h3-13H,2,15H2,1H3,(H,22,23,24). The van der Waals surface area contributed by atoms with Crippen molar-refractivity contribution in [1.82, 2.24) is 9.97 Å². The highest BCUT2D eigenvalue weighted by Crippen LogP contribution is 2.19. The minimum Gasteiger partial charge on any atom is -0.352 e. The molecule has 0 spiro atoms. The van der Waals surface area contributed by atoms with Crippen molar-refractivity contribution in [3.63, 3.8) is 0 Å². The summed E-state index contributed by atoms with van der Waals surface area (Å²) in [5.41, 5.74) is 2.63. The average molecular weight is 329 g/mol. The molecule has 0 saturated carbocycles. The van der Waals surface area contributed by atoms with Crippen LogP contribution >= 0.6 is 0 Å². The Kier molecular flexibility index (Phi) is 5.22. The summed E-state index contributed by atoms with van der Waals surface area (Å²) in [5.74, 6) is 1.37. The molecular formula is C20H19N5. The van der Waals surface area contributed by atoms with Crippen molar-refractivity contribution >= 4 is 17.5 Å². The number of benzene rings is 2. The second kappa shape index (κ2) is 7.93. The summed E-state index contributed by atoms with van der Waals surface area (Å²) < 4.78 is 0. The molecule has 3 aromatic rings. The summed E-state index contributed by atoms with van der Waals surface area (Å²) in [6, 6.07) is 21.6. The second-order valence-electron chi connectivity index (χ2n) is 5.56. The van der Waals surface area contributed by atoms with E-state index in [2.05, 4.69) is 45.3 Å². The van der Waals surface area contributed by atoms with E-state index in [1.807, 2.05) is 36.4 Å². The van der Waals surface area contributed by atoms with E-state index < -0.39 is 0 Å². The Morgan fingerprint density at radius 2 is 1.92 bits per heavy atom. The topological polar surface area (TPSA) is 64.8 Å². The average Bonchev–Trinajstić information content (AvgIpc) is 2.67. The maximum atomic E-state index is 9.00. The second-order valence-corrected chi connectivity index (χ2v) is 5.56. The maximum Gasteiger partial charge on any atom is 0.229 e. The van der Waals surface area contributed by atoms with Crippen molar-refractivity contribution in [3.05, 3.63) is 78.0 Å². The number of hydrogen-bond acceptors (Lipinski definition) is 5. The third kappa shape index (κ3) is 4.33. The zero-order valence-electron chi connectivity index (χ0n) is 14.1. The lowest BCUT2D eigenvalue weighted by Gasteiger charge is -2.22. The fraction of sp³-hybridized carbons (Fsp3) is 0.150. The van der Waals surface area contributed by atoms with Crippen LogP contribution in [0.15, 0.2) is 66.9 Å². The van der Waals surface area contributed by atoms with Gasteiger partial charge in [-0.2, -0.15) is 10.2 Å². The molecule has 0 unspecified atom stereocenters. The van der Waals surface area contributed by atoms with Crippen molar-refractivity contribution in [1.29, 1.82) is 5.26 Å². The Morgan fingerprint density at radius 1 is 1.08 bits per heavy atom. The number of aromatic nitrogens is 2. The van der Waals surface area contributed by atoms with E-state index in [0.29, 0.717) is 11.5 Å². The van der Waals surface area contributed by atoms with Crippen LogP contribution in [0.4, 0.5) is 17.5 Å². The van der Waals surface area contributed by atoms with E-state index in [0.717, 1.165) is 24.6 Å². The first-order valence-electron chi connectivity index (χ1n) is 8.17. The molecule has 5 heteroatoms. The molecule has 124 valence electrons. The van der Waals surface area contributed by atoms with Crippen LogP contribution in [0.25, 0.3) is 0 Å². The van der Waals surface area contributed by atoms with Gasteiger partial charge in [-0.05, 0) is 36.8 Å². The first-order chi connectivity index (χ1) is 12.3. The van der Waals surface area contributed by atoms with Gasteiger partial charge in [-0.25, -0.2) is 4.98 Å². The summed E-state index contributed by atoms with van der Waals surface area (Å²) in [4.78, 5) is 11.1. The maximum absolute atomic E-state index is 9.00. The molecule has 0 aliphatic heterocycles. The van der Waals surface area contributed by atoms with Crippen molar-refractivity contribution in [2.45, 2.75) is 13.5 Å². The SMILES string of the molecule is CCN(Cc1ccccc1)c1ccnc(Nc2cccc(C#N)c2)n1. The van der Waals surface area contributed by atoms with E-state index in [9.17, 15) is 0 Å². The highest BCUT2D eigenvalue weighted by molar-refractivity contribution is 5.57. The highest BCUT2D eigenvalue weighted by Gasteiger charge is 2.08. The van der Waals surface area contributed by atoms with Crippen LogP contribution in [0.3, 0.4) is 0 Å². The Hall–Kier alpha value is -3.39. The summed E-state index contributed by atoms with van der Waals surface area (Å²) in [6.45, 7) is 3.74. The quantitative estimate of drug-likeness (QED) is 0.737. The van der Waals surface area contributed by atoms with E-state index in [4.69, 9.17) is 5.26 Å². The Labute approximate surface area is 147 Å². The van der Waals surface area contributed by atoms with Crippen molar-refractivity contribution in [2.75, 3.05) is 16.8 Å². The third-order valence-corrected chi connectivity index (χ3v) is 3.81. The van der Waals surface area contributed by atoms with Crippen LogP contribution in [0.2, 0.25) is 0 Å². The molecule has 25 heavy (non-hydrogen) atoms. The molecule has 0 bridgehead atoms. The molecule has 1 aromatic heterocycles. The predicted molar refractivity (Wildman–Crippen MR) is 99.6 cm³/mol. The molecule has 0 aliphatic carbocycles. The van der Waals surface area contributed by atoms with E-state index in [1.165, 1.54) is 5.56 Å². The largest absolute Gasteiger partial charge is 0.352 e. The van der Waals surface area contributed by atoms with E-state index >= 15 is 0 Å². The molecule has 3 rings (SSSR count). The van der Waals surface area contributed by atoms with Crippen LogP contribution in [-0.4, -0.2) is 16.5 Å². The summed E-state index contributed by atoms with van der Waals surface area (Å²) in [6.07, 6.45) is 1.74. The van der Waals surface area contributed by atoms with Gasteiger partial charge < -0.3 is 10.2 Å². The van der Waals surface area contributed by atoms with Gasteiger partial charge in [-0.1, -0.05) is 36.4 Å². The Bertz CT molecular complexity index is 871. The van der Waals surface area contributed by atoms with Gasteiger partial charge in [0.05, 0.1) is 11.6 Å². The van der Waals surface area contributed by atoms with Gasteiger partial charge in [0.2, 0.25) is 5.95 Å². The number of nitriles is 1. The van der Waals surface area contributed by atoms with Gasteiger partial charge in [0.1, 0.15) is 5.82 Å². The lowest BCUT2D eigenvalue weighted by Crippen LogP contribution is -2.23. The van der Waals surface area contributed by atoms with Gasteiger partial charge >= 0.3 is 0 Å². The first-order valence-corrected chi connectivity index (χ1v) is 8.17. The molecule has 5 nitrogen and oxygen atoms in total. The highest BCUT2D eigenvalue weighted by atomic mass is 15.2.